The summed E-state index contributed by atoms with van der Waals surface area (Å²) in [5, 5.41) is 0. The minimum absolute atomic E-state index is 0.0728. The third-order valence-corrected chi connectivity index (χ3v) is 3.51. The Kier molecular flexibility index (Phi) is 3.64. The van der Waals surface area contributed by atoms with Gasteiger partial charge in [-0.15, -0.1) is 0 Å². The number of benzene rings is 1. The van der Waals surface area contributed by atoms with Crippen LogP contribution in [0.1, 0.15) is 26.4 Å². The maximum Gasteiger partial charge on any atom is 0.253 e. The molecule has 3 aromatic rings. The van der Waals surface area contributed by atoms with Gasteiger partial charge in [0.2, 0.25) is 5.78 Å². The van der Waals surface area contributed by atoms with Crippen molar-refractivity contribution in [1.29, 1.82) is 0 Å². The van der Waals surface area contributed by atoms with Crippen LogP contribution in [0.4, 0.5) is 5.82 Å². The summed E-state index contributed by atoms with van der Waals surface area (Å²) < 4.78 is 0. The van der Waals surface area contributed by atoms with E-state index in [1.165, 1.54) is 0 Å². The Labute approximate surface area is 132 Å². The van der Waals surface area contributed by atoms with Crippen LogP contribution in [0.5, 0.6) is 0 Å². The van der Waals surface area contributed by atoms with Crippen molar-refractivity contribution in [2.75, 3.05) is 5.73 Å². The van der Waals surface area contributed by atoms with Gasteiger partial charge in [0.25, 0.3) is 5.91 Å². The zero-order chi connectivity index (χ0) is 16.4. The number of primary amides is 1. The molecule has 5 N–H and O–H groups in total. The number of nitrogens with two attached hydrogens (primary N) is 2. The maximum absolute atomic E-state index is 12.8. The summed E-state index contributed by atoms with van der Waals surface area (Å²) in [5.41, 5.74) is 13.2. The van der Waals surface area contributed by atoms with Crippen LogP contribution in [0.2, 0.25) is 0 Å². The van der Waals surface area contributed by atoms with Gasteiger partial charge in [0.15, 0.2) is 0 Å². The summed E-state index contributed by atoms with van der Waals surface area (Å²) in [5.74, 6) is -0.891. The van der Waals surface area contributed by atoms with Gasteiger partial charge in [-0.05, 0) is 17.7 Å². The number of anilines is 1. The summed E-state index contributed by atoms with van der Waals surface area (Å²) in [7, 11) is 0. The van der Waals surface area contributed by atoms with Crippen molar-refractivity contribution < 1.29 is 9.59 Å². The van der Waals surface area contributed by atoms with Crippen molar-refractivity contribution in [1.82, 2.24) is 9.97 Å². The molecule has 6 heteroatoms. The third kappa shape index (κ3) is 2.57. The number of hydrogen-bond acceptors (Lipinski definition) is 4. The predicted octanol–water partition coefficient (Wildman–Crippen LogP) is 1.99. The fourth-order valence-corrected chi connectivity index (χ4v) is 2.49. The molecule has 3 rings (SSSR count). The van der Waals surface area contributed by atoms with Crippen molar-refractivity contribution in [2.45, 2.75) is 0 Å². The Morgan fingerprint density at radius 3 is 2.26 bits per heavy atom. The molecule has 6 nitrogen and oxygen atoms in total. The number of aromatic nitrogens is 2. The molecule has 1 amide bonds. The number of nitrogen functional groups attached to an aromatic ring is 1. The molecule has 114 valence electrons. The second-order valence-electron chi connectivity index (χ2n) is 4.96. The number of ketones is 1. The number of aromatic amines is 1. The van der Waals surface area contributed by atoms with Gasteiger partial charge in [0.05, 0.1) is 11.3 Å². The van der Waals surface area contributed by atoms with Crippen LogP contribution in [0.3, 0.4) is 0 Å². The van der Waals surface area contributed by atoms with E-state index in [9.17, 15) is 9.59 Å². The lowest BCUT2D eigenvalue weighted by Gasteiger charge is -2.06. The van der Waals surface area contributed by atoms with E-state index in [0.717, 1.165) is 0 Å². The van der Waals surface area contributed by atoms with Gasteiger partial charge in [0, 0.05) is 23.5 Å². The lowest BCUT2D eigenvalue weighted by molar-refractivity contribution is 0.100. The molecule has 0 spiro atoms. The molecule has 0 unspecified atom stereocenters. The highest BCUT2D eigenvalue weighted by atomic mass is 16.1. The molecule has 0 saturated carbocycles. The van der Waals surface area contributed by atoms with E-state index in [1.807, 2.05) is 6.07 Å². The molecular formula is C17H14N4O2. The van der Waals surface area contributed by atoms with Crippen molar-refractivity contribution >= 4 is 17.5 Å². The first-order valence-electron chi connectivity index (χ1n) is 6.91. The Hall–Kier alpha value is -3.41. The average molecular weight is 306 g/mol. The molecule has 0 atom stereocenters. The fourth-order valence-electron chi connectivity index (χ4n) is 2.49. The largest absolute Gasteiger partial charge is 0.385 e. The number of rotatable bonds is 4. The van der Waals surface area contributed by atoms with Crippen molar-refractivity contribution in [3.8, 4) is 11.1 Å². The number of H-pyrrole nitrogens is 1. The number of amides is 1. The third-order valence-electron chi connectivity index (χ3n) is 3.51. The number of carbonyl (C=O) groups is 2. The second-order valence-corrected chi connectivity index (χ2v) is 4.96. The van der Waals surface area contributed by atoms with Gasteiger partial charge in [-0.25, -0.2) is 0 Å². The van der Waals surface area contributed by atoms with Gasteiger partial charge in [0.1, 0.15) is 5.82 Å². The van der Waals surface area contributed by atoms with Crippen molar-refractivity contribution in [3.63, 3.8) is 0 Å². The number of carbonyl (C=O) groups excluding carboxylic acids is 2. The van der Waals surface area contributed by atoms with Crippen LogP contribution < -0.4 is 11.5 Å². The highest BCUT2D eigenvalue weighted by Gasteiger charge is 2.25. The Morgan fingerprint density at radius 1 is 1.00 bits per heavy atom. The molecular weight excluding hydrogens is 292 g/mol. The molecule has 0 bridgehead atoms. The lowest BCUT2D eigenvalue weighted by atomic mass is 9.97. The highest BCUT2D eigenvalue weighted by Crippen LogP contribution is 2.32. The molecule has 0 aliphatic carbocycles. The Bertz CT molecular complexity index is 870. The van der Waals surface area contributed by atoms with E-state index in [0.29, 0.717) is 16.7 Å². The van der Waals surface area contributed by atoms with Gasteiger partial charge in [-0.3, -0.25) is 14.6 Å². The first kappa shape index (κ1) is 14.5. The number of pyridine rings is 1. The molecule has 1 aromatic carbocycles. The van der Waals surface area contributed by atoms with Crippen LogP contribution in [-0.2, 0) is 0 Å². The first-order valence-corrected chi connectivity index (χ1v) is 6.91. The second kappa shape index (κ2) is 5.76. The highest BCUT2D eigenvalue weighted by molar-refractivity contribution is 6.17. The minimum atomic E-state index is -0.697. The fraction of sp³-hybridized carbons (Fsp3) is 0. The van der Waals surface area contributed by atoms with Gasteiger partial charge >= 0.3 is 0 Å². The summed E-state index contributed by atoms with van der Waals surface area (Å²) in [4.78, 5) is 31.3. The topological polar surface area (TPSA) is 115 Å². The van der Waals surface area contributed by atoms with Crippen LogP contribution >= 0.6 is 0 Å². The van der Waals surface area contributed by atoms with E-state index < -0.39 is 5.91 Å². The minimum Gasteiger partial charge on any atom is -0.385 e. The maximum atomic E-state index is 12.8. The average Bonchev–Trinajstić information content (AvgIpc) is 2.93. The molecule has 0 fully saturated rings. The predicted molar refractivity (Wildman–Crippen MR) is 86.8 cm³/mol. The van der Waals surface area contributed by atoms with E-state index in [1.54, 1.807) is 48.8 Å². The van der Waals surface area contributed by atoms with Crippen molar-refractivity contribution in [3.05, 3.63) is 71.7 Å². The monoisotopic (exact) mass is 306 g/mol. The smallest absolute Gasteiger partial charge is 0.253 e. The van der Waals surface area contributed by atoms with Crippen LogP contribution in [0.15, 0.2) is 54.9 Å². The molecule has 0 radical (unpaired) electrons. The Balaban J connectivity index is 2.24. The van der Waals surface area contributed by atoms with E-state index in [-0.39, 0.29) is 22.9 Å². The molecule has 23 heavy (non-hydrogen) atoms. The Morgan fingerprint density at radius 2 is 1.65 bits per heavy atom. The number of nitrogens with one attached hydrogen (secondary N) is 1. The van der Waals surface area contributed by atoms with E-state index in [4.69, 9.17) is 11.5 Å². The number of hydrogen-bond donors (Lipinski definition) is 3. The van der Waals surface area contributed by atoms with Crippen molar-refractivity contribution in [2.24, 2.45) is 5.73 Å². The van der Waals surface area contributed by atoms with Gasteiger partial charge < -0.3 is 16.5 Å². The lowest BCUT2D eigenvalue weighted by Crippen LogP contribution is -2.13. The summed E-state index contributed by atoms with van der Waals surface area (Å²) in [6.07, 6.45) is 3.14. The zero-order valence-electron chi connectivity index (χ0n) is 12.1. The zero-order valence-corrected chi connectivity index (χ0v) is 12.1. The SMILES string of the molecule is NC(=O)c1c(N)[nH]c(C(=O)c2ccccc2)c1-c1ccncc1. The molecule has 0 aliphatic heterocycles. The first-order chi connectivity index (χ1) is 11.1. The molecule has 2 heterocycles. The quantitative estimate of drug-likeness (QED) is 0.639. The normalized spacial score (nSPS) is 10.4. The standard InChI is InChI=1S/C17H14N4O2/c18-16-13(17(19)23)12(10-6-8-20-9-7-10)14(21-16)15(22)11-4-2-1-3-5-11/h1-9,21H,18H2,(H2,19,23). The molecule has 0 aliphatic rings. The summed E-state index contributed by atoms with van der Waals surface area (Å²) >= 11 is 0. The van der Waals surface area contributed by atoms with Gasteiger partial charge in [-0.1, -0.05) is 30.3 Å². The summed E-state index contributed by atoms with van der Waals surface area (Å²) in [6.45, 7) is 0. The van der Waals surface area contributed by atoms with E-state index >= 15 is 0 Å². The van der Waals surface area contributed by atoms with Crippen LogP contribution in [-0.4, -0.2) is 21.7 Å². The molecule has 0 saturated heterocycles. The molecule has 2 aromatic heterocycles. The van der Waals surface area contributed by atoms with Gasteiger partial charge in [-0.2, -0.15) is 0 Å². The summed E-state index contributed by atoms with van der Waals surface area (Å²) in [6, 6.07) is 12.1. The number of nitrogens with zero attached hydrogens (tertiary/aromatic N) is 1. The van der Waals surface area contributed by atoms with Crippen LogP contribution in [0.25, 0.3) is 11.1 Å². The van der Waals surface area contributed by atoms with Crippen LogP contribution in [0, 0.1) is 0 Å². The van der Waals surface area contributed by atoms with E-state index in [2.05, 4.69) is 9.97 Å².